The molecular formula is C25H28F2N6O. The van der Waals surface area contributed by atoms with Gasteiger partial charge in [0.05, 0.1) is 30.3 Å². The van der Waals surface area contributed by atoms with Crippen molar-refractivity contribution in [3.05, 3.63) is 42.7 Å². The van der Waals surface area contributed by atoms with E-state index in [1.165, 1.54) is 12.1 Å². The van der Waals surface area contributed by atoms with Crippen molar-refractivity contribution in [1.29, 1.82) is 0 Å². The van der Waals surface area contributed by atoms with Crippen molar-refractivity contribution in [3.8, 4) is 28.1 Å². The number of halogens is 2. The number of anilines is 1. The van der Waals surface area contributed by atoms with E-state index < -0.39 is 12.0 Å². The van der Waals surface area contributed by atoms with Crippen LogP contribution in [0, 0.1) is 5.82 Å². The summed E-state index contributed by atoms with van der Waals surface area (Å²) in [5, 5.41) is 18.1. The van der Waals surface area contributed by atoms with E-state index >= 15 is 4.39 Å². The zero-order chi connectivity index (χ0) is 23.4. The summed E-state index contributed by atoms with van der Waals surface area (Å²) in [5.41, 5.74) is 1.48. The second kappa shape index (κ2) is 8.30. The van der Waals surface area contributed by atoms with Gasteiger partial charge in [-0.15, -0.1) is 0 Å². The molecule has 1 saturated carbocycles. The van der Waals surface area contributed by atoms with Crippen LogP contribution in [0.25, 0.3) is 22.4 Å². The molecule has 2 unspecified atom stereocenters. The minimum Gasteiger partial charge on any atom is -0.507 e. The summed E-state index contributed by atoms with van der Waals surface area (Å²) in [7, 11) is 1.75. The zero-order valence-electron chi connectivity index (χ0n) is 19.0. The van der Waals surface area contributed by atoms with E-state index in [1.54, 1.807) is 36.5 Å². The van der Waals surface area contributed by atoms with E-state index in [1.807, 2.05) is 0 Å². The lowest BCUT2D eigenvalue weighted by atomic mass is 9.87. The summed E-state index contributed by atoms with van der Waals surface area (Å²) >= 11 is 0. The molecule has 2 bridgehead atoms. The first-order chi connectivity index (χ1) is 16.5. The van der Waals surface area contributed by atoms with E-state index in [9.17, 15) is 9.50 Å². The molecule has 3 fully saturated rings. The summed E-state index contributed by atoms with van der Waals surface area (Å²) in [6, 6.07) is 2.98. The molecule has 6 rings (SSSR count). The summed E-state index contributed by atoms with van der Waals surface area (Å²) in [6.07, 6.45) is 11.3. The predicted octanol–water partition coefficient (Wildman–Crippen LogP) is 3.98. The number of hydrogen-bond acceptors (Lipinski definition) is 6. The fourth-order valence-electron chi connectivity index (χ4n) is 5.68. The van der Waals surface area contributed by atoms with Crippen molar-refractivity contribution in [1.82, 2.24) is 25.1 Å². The molecule has 0 spiro atoms. The number of rotatable bonds is 5. The largest absolute Gasteiger partial charge is 0.507 e. The Hall–Kier alpha value is -3.07. The van der Waals surface area contributed by atoms with Crippen LogP contribution in [-0.2, 0) is 7.05 Å². The summed E-state index contributed by atoms with van der Waals surface area (Å²) in [5.74, 6) is 0.0828. The smallest absolute Gasteiger partial charge is 0.147 e. The molecule has 7 nitrogen and oxygen atoms in total. The molecule has 2 saturated heterocycles. The molecule has 34 heavy (non-hydrogen) atoms. The van der Waals surface area contributed by atoms with Crippen LogP contribution in [0.5, 0.6) is 5.75 Å². The van der Waals surface area contributed by atoms with Gasteiger partial charge in [-0.3, -0.25) is 9.67 Å². The van der Waals surface area contributed by atoms with Gasteiger partial charge in [0, 0.05) is 48.1 Å². The molecule has 4 heterocycles. The summed E-state index contributed by atoms with van der Waals surface area (Å²) < 4.78 is 31.9. The topological polar surface area (TPSA) is 79.1 Å². The zero-order valence-corrected chi connectivity index (χ0v) is 19.0. The molecule has 3 aromatic rings. The van der Waals surface area contributed by atoms with Gasteiger partial charge < -0.3 is 15.3 Å². The van der Waals surface area contributed by atoms with E-state index in [4.69, 9.17) is 0 Å². The normalized spacial score (nSPS) is 26.4. The standard InChI is InChI=1S/C25H28F2N6O/c1-32-13-14(10-30-32)17-9-23(34)18(8-19(17)26)21-11-29-24(12-28-21)33(16-3-2-4-16)22-7-15-5-6-20(31-15)25(22)27/h8-13,15-16,20,22,25,31,34H,2-7H2,1H3/t15?,20?,22-,25+/m1/s1. The van der Waals surface area contributed by atoms with E-state index in [0.29, 0.717) is 23.1 Å². The average molecular weight is 467 g/mol. The highest BCUT2D eigenvalue weighted by molar-refractivity contribution is 5.74. The van der Waals surface area contributed by atoms with Gasteiger partial charge in [0.2, 0.25) is 0 Å². The molecule has 3 aliphatic rings. The number of benzene rings is 1. The Morgan fingerprint density at radius 3 is 2.62 bits per heavy atom. The second-order valence-corrected chi connectivity index (χ2v) is 9.80. The van der Waals surface area contributed by atoms with Crippen molar-refractivity contribution in [2.45, 2.75) is 68.9 Å². The van der Waals surface area contributed by atoms with Crippen LogP contribution in [0.1, 0.15) is 38.5 Å². The summed E-state index contributed by atoms with van der Waals surface area (Å²) in [4.78, 5) is 11.3. The lowest BCUT2D eigenvalue weighted by Gasteiger charge is -2.47. The molecule has 2 aliphatic heterocycles. The van der Waals surface area contributed by atoms with Crippen LogP contribution >= 0.6 is 0 Å². The first-order valence-corrected chi connectivity index (χ1v) is 12.0. The second-order valence-electron chi connectivity index (χ2n) is 9.80. The van der Waals surface area contributed by atoms with Crippen LogP contribution in [0.3, 0.4) is 0 Å². The minimum absolute atomic E-state index is 0.0862. The average Bonchev–Trinajstić information content (AvgIpc) is 3.41. The van der Waals surface area contributed by atoms with Gasteiger partial charge in [-0.05, 0) is 50.7 Å². The van der Waals surface area contributed by atoms with Gasteiger partial charge in [0.1, 0.15) is 23.6 Å². The van der Waals surface area contributed by atoms with E-state index in [-0.39, 0.29) is 35.0 Å². The number of aryl methyl sites for hydroxylation is 1. The SMILES string of the molecule is Cn1cc(-c2cc(O)c(-c3cnc(N(C4CCC4)[C@@H]4CC5CCC(N5)[C@@H]4F)cn3)cc2F)cn1. The fraction of sp³-hybridized carbons (Fsp3) is 0.480. The number of aromatic hydroxyl groups is 1. The maximum Gasteiger partial charge on any atom is 0.147 e. The first-order valence-electron chi connectivity index (χ1n) is 12.0. The van der Waals surface area contributed by atoms with Crippen molar-refractivity contribution in [2.24, 2.45) is 7.05 Å². The van der Waals surface area contributed by atoms with Gasteiger partial charge in [-0.1, -0.05) is 0 Å². The number of alkyl halides is 1. The van der Waals surface area contributed by atoms with Crippen molar-refractivity contribution in [3.63, 3.8) is 0 Å². The molecule has 0 radical (unpaired) electrons. The molecule has 4 atom stereocenters. The number of hydrogen-bond donors (Lipinski definition) is 2. The number of fused-ring (bicyclic) bond motifs is 2. The van der Waals surface area contributed by atoms with Gasteiger partial charge in [0.15, 0.2) is 0 Å². The molecule has 1 aliphatic carbocycles. The molecule has 0 amide bonds. The Morgan fingerprint density at radius 1 is 1.09 bits per heavy atom. The van der Waals surface area contributed by atoms with Gasteiger partial charge in [0.25, 0.3) is 0 Å². The van der Waals surface area contributed by atoms with Gasteiger partial charge >= 0.3 is 0 Å². The predicted molar refractivity (Wildman–Crippen MR) is 125 cm³/mol. The molecule has 178 valence electrons. The van der Waals surface area contributed by atoms with Gasteiger partial charge in [-0.2, -0.15) is 5.10 Å². The van der Waals surface area contributed by atoms with Crippen molar-refractivity contribution in [2.75, 3.05) is 4.90 Å². The van der Waals surface area contributed by atoms with E-state index in [0.717, 1.165) is 38.5 Å². The fourth-order valence-corrected chi connectivity index (χ4v) is 5.68. The van der Waals surface area contributed by atoms with Crippen LogP contribution in [0.2, 0.25) is 0 Å². The quantitative estimate of drug-likeness (QED) is 0.592. The Balaban J connectivity index is 1.30. The Morgan fingerprint density at radius 2 is 1.94 bits per heavy atom. The first kappa shape index (κ1) is 21.5. The van der Waals surface area contributed by atoms with Crippen LogP contribution in [0.4, 0.5) is 14.6 Å². The maximum atomic E-state index is 15.4. The highest BCUT2D eigenvalue weighted by Gasteiger charge is 2.47. The van der Waals surface area contributed by atoms with Crippen LogP contribution in [0.15, 0.2) is 36.9 Å². The molecular weight excluding hydrogens is 438 g/mol. The highest BCUT2D eigenvalue weighted by atomic mass is 19.1. The minimum atomic E-state index is -0.945. The van der Waals surface area contributed by atoms with Crippen molar-refractivity contribution >= 4 is 5.82 Å². The third kappa shape index (κ3) is 3.62. The Kier molecular flexibility index (Phi) is 5.24. The number of aromatic nitrogens is 4. The van der Waals surface area contributed by atoms with Crippen LogP contribution < -0.4 is 10.2 Å². The number of nitrogens with zero attached hydrogens (tertiary/aromatic N) is 5. The number of phenolic OH excluding ortho intramolecular Hbond substituents is 1. The van der Waals surface area contributed by atoms with Crippen LogP contribution in [-0.4, -0.2) is 55.2 Å². The molecule has 2 N–H and O–H groups in total. The van der Waals surface area contributed by atoms with E-state index in [2.05, 4.69) is 25.3 Å². The maximum absolute atomic E-state index is 15.4. The number of phenols is 1. The summed E-state index contributed by atoms with van der Waals surface area (Å²) in [6.45, 7) is 0. The number of nitrogens with one attached hydrogen (secondary N) is 1. The third-order valence-corrected chi connectivity index (χ3v) is 7.66. The number of piperidine rings is 1. The Labute approximate surface area is 196 Å². The lowest BCUT2D eigenvalue weighted by molar-refractivity contribution is 0.157. The monoisotopic (exact) mass is 466 g/mol. The third-order valence-electron chi connectivity index (χ3n) is 7.66. The van der Waals surface area contributed by atoms with Crippen molar-refractivity contribution < 1.29 is 13.9 Å². The Bertz CT molecular complexity index is 1190. The van der Waals surface area contributed by atoms with Gasteiger partial charge in [-0.25, -0.2) is 13.8 Å². The lowest BCUT2D eigenvalue weighted by Crippen LogP contribution is -2.60. The molecule has 9 heteroatoms. The molecule has 2 aromatic heterocycles. The molecule has 1 aromatic carbocycles. The highest BCUT2D eigenvalue weighted by Crippen LogP contribution is 2.39.